The smallest absolute Gasteiger partial charge is 0.267 e. The highest BCUT2D eigenvalue weighted by Gasteiger charge is 2.29. The van der Waals surface area contributed by atoms with Gasteiger partial charge in [-0.1, -0.05) is 4.47 Å². The summed E-state index contributed by atoms with van der Waals surface area (Å²) in [7, 11) is -3.64. The Bertz CT molecular complexity index is 702. The molecule has 1 aliphatic heterocycles. The zero-order chi connectivity index (χ0) is 13.5. The van der Waals surface area contributed by atoms with E-state index in [1.807, 2.05) is 0 Å². The van der Waals surface area contributed by atoms with Crippen LogP contribution in [0.1, 0.15) is 12.8 Å². The van der Waals surface area contributed by atoms with Gasteiger partial charge in [0.1, 0.15) is 4.90 Å². The lowest BCUT2D eigenvalue weighted by atomic mass is 10.2. The number of nitrogens with two attached hydrogens (primary N) is 1. The van der Waals surface area contributed by atoms with Gasteiger partial charge in [-0.25, -0.2) is 8.42 Å². The fraction of sp³-hybridized carbons (Fsp3) is 0.333. The Hall–Kier alpha value is -1.57. The van der Waals surface area contributed by atoms with Crippen molar-refractivity contribution in [2.75, 3.05) is 18.9 Å². The Morgan fingerprint density at radius 1 is 1.32 bits per heavy atom. The second-order valence-electron chi connectivity index (χ2n) is 4.53. The first-order chi connectivity index (χ1) is 9.09. The number of hydrogen-bond donors (Lipinski definition) is 2. The van der Waals surface area contributed by atoms with Gasteiger partial charge in [0.05, 0.1) is 6.61 Å². The third kappa shape index (κ3) is 2.09. The van der Waals surface area contributed by atoms with Gasteiger partial charge in [-0.3, -0.25) is 4.84 Å². The fourth-order valence-electron chi connectivity index (χ4n) is 2.20. The van der Waals surface area contributed by atoms with Crippen molar-refractivity contribution < 1.29 is 13.3 Å². The predicted octanol–water partition coefficient (Wildman–Crippen LogP) is 1.47. The molecule has 0 aliphatic carbocycles. The van der Waals surface area contributed by atoms with Crippen molar-refractivity contribution in [2.45, 2.75) is 17.7 Å². The molecule has 1 aromatic heterocycles. The average Bonchev–Trinajstić information content (AvgIpc) is 2.83. The Morgan fingerprint density at radius 3 is 2.89 bits per heavy atom. The van der Waals surface area contributed by atoms with E-state index in [0.717, 1.165) is 22.8 Å². The van der Waals surface area contributed by atoms with Crippen molar-refractivity contribution in [3.8, 4) is 0 Å². The molecular weight excluding hydrogens is 266 g/mol. The molecule has 19 heavy (non-hydrogen) atoms. The highest BCUT2D eigenvalue weighted by Crippen LogP contribution is 2.28. The van der Waals surface area contributed by atoms with Crippen LogP contribution in [0.4, 0.5) is 5.69 Å². The number of H-pyrrole nitrogens is 1. The molecule has 0 unspecified atom stereocenters. The first-order valence-corrected chi connectivity index (χ1v) is 7.55. The number of aromatic nitrogens is 1. The number of nitrogens with one attached hydrogen (secondary N) is 1. The van der Waals surface area contributed by atoms with E-state index in [9.17, 15) is 8.42 Å². The van der Waals surface area contributed by atoms with Gasteiger partial charge in [-0.2, -0.15) is 0 Å². The van der Waals surface area contributed by atoms with Crippen LogP contribution in [0, 0.1) is 0 Å². The van der Waals surface area contributed by atoms with Crippen LogP contribution in [0.15, 0.2) is 29.3 Å². The van der Waals surface area contributed by atoms with Crippen LogP contribution in [0.2, 0.25) is 0 Å². The van der Waals surface area contributed by atoms with E-state index in [4.69, 9.17) is 10.6 Å². The molecule has 1 saturated heterocycles. The minimum Gasteiger partial charge on any atom is -0.399 e. The number of nitrogens with zero attached hydrogens (tertiary/aromatic N) is 1. The quantitative estimate of drug-likeness (QED) is 0.816. The second-order valence-corrected chi connectivity index (χ2v) is 6.33. The highest BCUT2D eigenvalue weighted by molar-refractivity contribution is 7.89. The van der Waals surface area contributed by atoms with Crippen LogP contribution in [0.5, 0.6) is 0 Å². The van der Waals surface area contributed by atoms with E-state index in [2.05, 4.69) is 4.98 Å². The molecule has 1 aromatic carbocycles. The molecule has 0 amide bonds. The molecule has 0 radical (unpaired) electrons. The van der Waals surface area contributed by atoms with Gasteiger partial charge in [0.2, 0.25) is 0 Å². The second kappa shape index (κ2) is 4.52. The van der Waals surface area contributed by atoms with E-state index in [0.29, 0.717) is 24.2 Å². The molecule has 3 N–H and O–H groups in total. The van der Waals surface area contributed by atoms with Crippen molar-refractivity contribution in [3.05, 3.63) is 24.4 Å². The summed E-state index contributed by atoms with van der Waals surface area (Å²) < 4.78 is 26.1. The Kier molecular flexibility index (Phi) is 2.96. The first-order valence-electron chi connectivity index (χ1n) is 6.11. The summed E-state index contributed by atoms with van der Waals surface area (Å²) >= 11 is 0. The van der Waals surface area contributed by atoms with Crippen molar-refractivity contribution in [1.82, 2.24) is 9.45 Å². The van der Waals surface area contributed by atoms with Crippen LogP contribution >= 0.6 is 0 Å². The third-order valence-electron chi connectivity index (χ3n) is 3.18. The number of hydroxylamine groups is 1. The molecule has 0 spiro atoms. The van der Waals surface area contributed by atoms with Gasteiger partial charge in [-0.15, -0.1) is 0 Å². The number of fused-ring (bicyclic) bond motifs is 1. The lowest BCUT2D eigenvalue weighted by molar-refractivity contribution is -0.108. The molecule has 1 fully saturated rings. The van der Waals surface area contributed by atoms with Crippen molar-refractivity contribution >= 4 is 26.6 Å². The SMILES string of the molecule is Nc1ccc2[nH]cc(S(=O)(=O)N3CCCCO3)c2c1. The lowest BCUT2D eigenvalue weighted by Crippen LogP contribution is -2.35. The Balaban J connectivity index is 2.10. The predicted molar refractivity (Wildman–Crippen MR) is 71.8 cm³/mol. The standard InChI is InChI=1S/C12H15N3O3S/c13-9-3-4-11-10(7-9)12(8-14-11)19(16,17)15-5-1-2-6-18-15/h3-4,7-8,14H,1-2,5-6,13H2. The van der Waals surface area contributed by atoms with Crippen LogP contribution in [0.3, 0.4) is 0 Å². The summed E-state index contributed by atoms with van der Waals surface area (Å²) in [5.41, 5.74) is 6.99. The summed E-state index contributed by atoms with van der Waals surface area (Å²) in [4.78, 5) is 8.39. The molecule has 2 aromatic rings. The normalized spacial score (nSPS) is 17.9. The molecule has 0 atom stereocenters. The number of sulfonamides is 1. The largest absolute Gasteiger partial charge is 0.399 e. The van der Waals surface area contributed by atoms with Gasteiger partial charge >= 0.3 is 0 Å². The maximum absolute atomic E-state index is 12.5. The third-order valence-corrected chi connectivity index (χ3v) is 4.90. The van der Waals surface area contributed by atoms with Gasteiger partial charge in [0, 0.05) is 29.3 Å². The molecule has 3 rings (SSSR count). The van der Waals surface area contributed by atoms with Crippen LogP contribution in [-0.4, -0.2) is 31.0 Å². The summed E-state index contributed by atoms with van der Waals surface area (Å²) in [6, 6.07) is 5.15. The van der Waals surface area contributed by atoms with Crippen molar-refractivity contribution in [1.29, 1.82) is 0 Å². The number of anilines is 1. The molecule has 102 valence electrons. The van der Waals surface area contributed by atoms with Gasteiger partial charge in [0.25, 0.3) is 10.0 Å². The van der Waals surface area contributed by atoms with Crippen molar-refractivity contribution in [3.63, 3.8) is 0 Å². The number of hydrogen-bond acceptors (Lipinski definition) is 4. The average molecular weight is 281 g/mol. The zero-order valence-electron chi connectivity index (χ0n) is 10.3. The molecule has 0 bridgehead atoms. The fourth-order valence-corrected chi connectivity index (χ4v) is 3.66. The maximum Gasteiger partial charge on any atom is 0.267 e. The summed E-state index contributed by atoms with van der Waals surface area (Å²) in [6.07, 6.45) is 3.17. The molecule has 6 nitrogen and oxygen atoms in total. The minimum absolute atomic E-state index is 0.205. The van der Waals surface area contributed by atoms with Crippen LogP contribution in [-0.2, 0) is 14.9 Å². The Morgan fingerprint density at radius 2 is 2.16 bits per heavy atom. The van der Waals surface area contributed by atoms with E-state index in [-0.39, 0.29) is 4.90 Å². The van der Waals surface area contributed by atoms with Gasteiger partial charge in [-0.05, 0) is 31.0 Å². The first kappa shape index (κ1) is 12.5. The van der Waals surface area contributed by atoms with E-state index < -0.39 is 10.0 Å². The monoisotopic (exact) mass is 281 g/mol. The van der Waals surface area contributed by atoms with Gasteiger partial charge in [0.15, 0.2) is 0 Å². The molecule has 0 saturated carbocycles. The number of rotatable bonds is 2. The van der Waals surface area contributed by atoms with Crippen LogP contribution in [0.25, 0.3) is 10.9 Å². The maximum atomic E-state index is 12.5. The molecular formula is C12H15N3O3S. The van der Waals surface area contributed by atoms with E-state index in [1.54, 1.807) is 18.2 Å². The minimum atomic E-state index is -3.64. The zero-order valence-corrected chi connectivity index (χ0v) is 11.1. The topological polar surface area (TPSA) is 88.4 Å². The lowest BCUT2D eigenvalue weighted by Gasteiger charge is -2.24. The summed E-state index contributed by atoms with van der Waals surface area (Å²) in [5, 5.41) is 0.592. The molecule has 2 heterocycles. The number of nitrogen functional groups attached to an aromatic ring is 1. The number of benzene rings is 1. The molecule has 7 heteroatoms. The van der Waals surface area contributed by atoms with Gasteiger partial charge < -0.3 is 10.7 Å². The van der Waals surface area contributed by atoms with E-state index >= 15 is 0 Å². The number of aromatic amines is 1. The highest BCUT2D eigenvalue weighted by atomic mass is 32.2. The summed E-state index contributed by atoms with van der Waals surface area (Å²) in [6.45, 7) is 0.820. The van der Waals surface area contributed by atoms with E-state index in [1.165, 1.54) is 6.20 Å². The summed E-state index contributed by atoms with van der Waals surface area (Å²) in [5.74, 6) is 0. The van der Waals surface area contributed by atoms with Crippen LogP contribution < -0.4 is 5.73 Å². The Labute approximate surface area is 111 Å². The van der Waals surface area contributed by atoms with Crippen molar-refractivity contribution in [2.24, 2.45) is 0 Å². The molecule has 1 aliphatic rings.